The number of carbonyl (C=O) groups is 1. The minimum atomic E-state index is -0.219. The number of ether oxygens (including phenoxy) is 2. The highest BCUT2D eigenvalue weighted by atomic mass is 35.5. The summed E-state index contributed by atoms with van der Waals surface area (Å²) >= 11 is 6.50. The molecule has 0 aliphatic carbocycles. The number of aliphatic hydroxyl groups excluding tert-OH is 1. The van der Waals surface area contributed by atoms with E-state index in [-0.39, 0.29) is 24.7 Å². The Balaban J connectivity index is 1.43. The van der Waals surface area contributed by atoms with Gasteiger partial charge in [-0.15, -0.1) is 0 Å². The van der Waals surface area contributed by atoms with Gasteiger partial charge in [0, 0.05) is 40.0 Å². The van der Waals surface area contributed by atoms with Crippen LogP contribution in [0.1, 0.15) is 28.8 Å². The molecular formula is C26H23ClN2O4. The van der Waals surface area contributed by atoms with Gasteiger partial charge in [0.1, 0.15) is 17.7 Å². The van der Waals surface area contributed by atoms with Crippen LogP contribution >= 0.6 is 11.6 Å². The van der Waals surface area contributed by atoms with Crippen LogP contribution in [0.25, 0.3) is 10.9 Å². The number of fused-ring (bicyclic) bond motifs is 1. The molecule has 0 radical (unpaired) electrons. The predicted octanol–water partition coefficient (Wildman–Crippen LogP) is 5.75. The van der Waals surface area contributed by atoms with Crippen LogP contribution in [-0.4, -0.2) is 34.8 Å². The fraction of sp³-hybridized carbons (Fsp3) is 0.192. The molecular weight excluding hydrogens is 440 g/mol. The number of ketones is 1. The maximum Gasteiger partial charge on any atom is 0.196 e. The number of benzene rings is 3. The van der Waals surface area contributed by atoms with Gasteiger partial charge in [0.25, 0.3) is 0 Å². The molecule has 1 aliphatic heterocycles. The van der Waals surface area contributed by atoms with Gasteiger partial charge in [-0.05, 0) is 49.2 Å². The molecule has 3 N–H and O–H groups in total. The van der Waals surface area contributed by atoms with E-state index in [1.54, 1.807) is 24.4 Å². The third-order valence-electron chi connectivity index (χ3n) is 5.74. The lowest BCUT2D eigenvalue weighted by atomic mass is 10.0. The lowest BCUT2D eigenvalue weighted by Crippen LogP contribution is -2.21. The Morgan fingerprint density at radius 2 is 1.91 bits per heavy atom. The Morgan fingerprint density at radius 3 is 2.67 bits per heavy atom. The highest BCUT2D eigenvalue weighted by Gasteiger charge is 2.26. The zero-order valence-corrected chi connectivity index (χ0v) is 18.5. The number of para-hydroxylation sites is 1. The Kier molecular flexibility index (Phi) is 6.05. The second kappa shape index (κ2) is 9.27. The lowest BCUT2D eigenvalue weighted by Gasteiger charge is -2.16. The van der Waals surface area contributed by atoms with E-state index in [0.717, 1.165) is 29.4 Å². The van der Waals surface area contributed by atoms with E-state index in [1.165, 1.54) is 0 Å². The van der Waals surface area contributed by atoms with Gasteiger partial charge in [0.2, 0.25) is 0 Å². The number of aromatic nitrogens is 1. The summed E-state index contributed by atoms with van der Waals surface area (Å²) in [6, 6.07) is 20.2. The average molecular weight is 463 g/mol. The molecule has 2 atom stereocenters. The first-order valence-electron chi connectivity index (χ1n) is 10.8. The molecule has 1 fully saturated rings. The van der Waals surface area contributed by atoms with Crippen molar-refractivity contribution in [2.75, 3.05) is 11.9 Å². The number of anilines is 1. The van der Waals surface area contributed by atoms with Crippen molar-refractivity contribution in [2.45, 2.75) is 25.2 Å². The first-order chi connectivity index (χ1) is 16.1. The number of hydrogen-bond donors (Lipinski definition) is 3. The molecule has 1 aliphatic rings. The first kappa shape index (κ1) is 21.5. The summed E-state index contributed by atoms with van der Waals surface area (Å²) in [5.41, 5.74) is 2.54. The van der Waals surface area contributed by atoms with Gasteiger partial charge in [-0.3, -0.25) is 4.79 Å². The second-order valence-electron chi connectivity index (χ2n) is 7.97. The standard InChI is InChI=1S/C26H23ClN2O4/c27-21-13-17(32-16-5-2-1-3-6-16)9-11-19(21)26(31)20-14-28-22-7-4-8-23(25(20)22)29-24-12-10-18(15-30)33-24/h1-9,11,13-14,18,24,28-30H,10,12,15H2. The summed E-state index contributed by atoms with van der Waals surface area (Å²) in [6.07, 6.45) is 2.89. The molecule has 33 heavy (non-hydrogen) atoms. The Bertz CT molecular complexity index is 1290. The summed E-state index contributed by atoms with van der Waals surface area (Å²) in [5, 5.41) is 13.8. The van der Waals surface area contributed by atoms with Gasteiger partial charge in [0.15, 0.2) is 5.78 Å². The molecule has 6 nitrogen and oxygen atoms in total. The highest BCUT2D eigenvalue weighted by molar-refractivity contribution is 6.36. The third kappa shape index (κ3) is 4.46. The van der Waals surface area contributed by atoms with Gasteiger partial charge in [-0.2, -0.15) is 0 Å². The molecule has 0 amide bonds. The molecule has 7 heteroatoms. The molecule has 5 rings (SSSR count). The number of aliphatic hydroxyl groups is 1. The molecule has 1 aromatic heterocycles. The smallest absolute Gasteiger partial charge is 0.196 e. The number of hydrogen-bond acceptors (Lipinski definition) is 5. The Labute approximate surface area is 196 Å². The maximum absolute atomic E-state index is 13.5. The van der Waals surface area contributed by atoms with Crippen molar-refractivity contribution in [3.05, 3.63) is 89.1 Å². The van der Waals surface area contributed by atoms with Crippen LogP contribution in [0.5, 0.6) is 11.5 Å². The predicted molar refractivity (Wildman–Crippen MR) is 128 cm³/mol. The van der Waals surface area contributed by atoms with Crippen LogP contribution in [0.4, 0.5) is 5.69 Å². The van der Waals surface area contributed by atoms with E-state index in [9.17, 15) is 9.90 Å². The largest absolute Gasteiger partial charge is 0.457 e. The van der Waals surface area contributed by atoms with Crippen molar-refractivity contribution in [1.82, 2.24) is 4.98 Å². The first-order valence-corrected chi connectivity index (χ1v) is 11.2. The zero-order valence-electron chi connectivity index (χ0n) is 17.8. The normalized spacial score (nSPS) is 17.9. The topological polar surface area (TPSA) is 83.6 Å². The molecule has 1 saturated heterocycles. The third-order valence-corrected chi connectivity index (χ3v) is 6.05. The lowest BCUT2D eigenvalue weighted by molar-refractivity contribution is 0.0236. The minimum absolute atomic E-state index is 0.00124. The molecule has 0 spiro atoms. The van der Waals surface area contributed by atoms with Crippen LogP contribution in [0.15, 0.2) is 72.9 Å². The summed E-state index contributed by atoms with van der Waals surface area (Å²) in [7, 11) is 0. The van der Waals surface area contributed by atoms with Crippen LogP contribution < -0.4 is 10.1 Å². The maximum atomic E-state index is 13.5. The van der Waals surface area contributed by atoms with Crippen LogP contribution in [0.3, 0.4) is 0 Å². The van der Waals surface area contributed by atoms with E-state index in [1.807, 2.05) is 48.5 Å². The van der Waals surface area contributed by atoms with E-state index in [2.05, 4.69) is 10.3 Å². The zero-order chi connectivity index (χ0) is 22.8. The van der Waals surface area contributed by atoms with Crippen molar-refractivity contribution in [3.63, 3.8) is 0 Å². The van der Waals surface area contributed by atoms with Crippen LogP contribution in [0, 0.1) is 0 Å². The van der Waals surface area contributed by atoms with E-state index < -0.39 is 0 Å². The van der Waals surface area contributed by atoms with E-state index in [0.29, 0.717) is 27.6 Å². The number of aromatic amines is 1. The molecule has 3 aromatic carbocycles. The summed E-state index contributed by atoms with van der Waals surface area (Å²) in [5.74, 6) is 1.06. The SMILES string of the molecule is O=C(c1ccc(Oc2ccccc2)cc1Cl)c1c[nH]c2cccc(NC3CCC(CO)O3)c12. The number of halogens is 1. The summed E-state index contributed by atoms with van der Waals surface area (Å²) in [6.45, 7) is -0.00124. The molecule has 2 unspecified atom stereocenters. The van der Waals surface area contributed by atoms with Gasteiger partial charge in [-0.25, -0.2) is 0 Å². The number of nitrogens with one attached hydrogen (secondary N) is 2. The number of H-pyrrole nitrogens is 1. The summed E-state index contributed by atoms with van der Waals surface area (Å²) < 4.78 is 11.6. The van der Waals surface area contributed by atoms with Crippen molar-refractivity contribution in [2.24, 2.45) is 0 Å². The van der Waals surface area contributed by atoms with Gasteiger partial charge in [0.05, 0.1) is 17.7 Å². The van der Waals surface area contributed by atoms with Gasteiger partial charge < -0.3 is 24.9 Å². The fourth-order valence-electron chi connectivity index (χ4n) is 4.12. The minimum Gasteiger partial charge on any atom is -0.457 e. The Morgan fingerprint density at radius 1 is 1.06 bits per heavy atom. The number of rotatable bonds is 7. The second-order valence-corrected chi connectivity index (χ2v) is 8.37. The highest BCUT2D eigenvalue weighted by Crippen LogP contribution is 2.33. The van der Waals surface area contributed by atoms with Crippen molar-refractivity contribution < 1.29 is 19.4 Å². The molecule has 168 valence electrons. The van der Waals surface area contributed by atoms with Crippen molar-refractivity contribution in [3.8, 4) is 11.5 Å². The number of carbonyl (C=O) groups excluding carboxylic acids is 1. The molecule has 0 bridgehead atoms. The Hall–Kier alpha value is -3.32. The van der Waals surface area contributed by atoms with Crippen molar-refractivity contribution >= 4 is 34.0 Å². The molecule has 4 aromatic rings. The van der Waals surface area contributed by atoms with Crippen LogP contribution in [-0.2, 0) is 4.74 Å². The van der Waals surface area contributed by atoms with Crippen molar-refractivity contribution in [1.29, 1.82) is 0 Å². The fourth-order valence-corrected chi connectivity index (χ4v) is 4.37. The van der Waals surface area contributed by atoms with E-state index >= 15 is 0 Å². The van der Waals surface area contributed by atoms with E-state index in [4.69, 9.17) is 21.1 Å². The average Bonchev–Trinajstić information content (AvgIpc) is 3.47. The summed E-state index contributed by atoms with van der Waals surface area (Å²) in [4.78, 5) is 16.6. The van der Waals surface area contributed by atoms with Gasteiger partial charge >= 0.3 is 0 Å². The van der Waals surface area contributed by atoms with Gasteiger partial charge in [-0.1, -0.05) is 35.9 Å². The molecule has 2 heterocycles. The quantitative estimate of drug-likeness (QED) is 0.304. The van der Waals surface area contributed by atoms with Crippen LogP contribution in [0.2, 0.25) is 5.02 Å². The monoisotopic (exact) mass is 462 g/mol. The molecule has 0 saturated carbocycles.